The molecule has 0 aliphatic heterocycles. The maximum Gasteiger partial charge on any atom is 0.319 e. The Labute approximate surface area is 197 Å². The predicted octanol–water partition coefficient (Wildman–Crippen LogP) is 3.31. The Hall–Kier alpha value is -4.66. The Kier molecular flexibility index (Phi) is 8.34. The first kappa shape index (κ1) is 24.0. The lowest BCUT2D eigenvalue weighted by molar-refractivity contribution is -0.121. The number of urea groups is 1. The van der Waals surface area contributed by atoms with Gasteiger partial charge in [-0.2, -0.15) is 0 Å². The average Bonchev–Trinajstić information content (AvgIpc) is 2.86. The number of nitrogens with zero attached hydrogens (tertiary/aromatic N) is 3. The van der Waals surface area contributed by atoms with E-state index in [0.717, 1.165) is 0 Å². The van der Waals surface area contributed by atoms with Crippen LogP contribution in [-0.4, -0.2) is 49.4 Å². The highest BCUT2D eigenvalue weighted by Crippen LogP contribution is 2.16. The number of carbonyl (C=O) groups excluding carboxylic acids is 3. The van der Waals surface area contributed by atoms with Crippen molar-refractivity contribution in [1.82, 2.24) is 5.32 Å². The summed E-state index contributed by atoms with van der Waals surface area (Å²) >= 11 is 0. The molecular weight excluding hydrogens is 434 g/mol. The van der Waals surface area contributed by atoms with Gasteiger partial charge >= 0.3 is 6.03 Å². The highest BCUT2D eigenvalue weighted by Gasteiger charge is 2.22. The van der Waals surface area contributed by atoms with Crippen LogP contribution in [-0.2, 0) is 9.59 Å². The summed E-state index contributed by atoms with van der Waals surface area (Å²) < 4.78 is 0. The summed E-state index contributed by atoms with van der Waals surface area (Å²) in [7, 11) is 1.65. The van der Waals surface area contributed by atoms with Gasteiger partial charge in [0.1, 0.15) is 6.54 Å². The maximum absolute atomic E-state index is 13.0. The molecule has 0 aliphatic carbocycles. The van der Waals surface area contributed by atoms with Crippen molar-refractivity contribution in [3.63, 3.8) is 0 Å². The fourth-order valence-corrected chi connectivity index (χ4v) is 3.16. The summed E-state index contributed by atoms with van der Waals surface area (Å²) in [4.78, 5) is 41.0. The molecule has 3 aromatic carbocycles. The number of benzene rings is 3. The minimum atomic E-state index is -0.591. The monoisotopic (exact) mass is 459 g/mol. The third-order valence-corrected chi connectivity index (χ3v) is 4.93. The van der Waals surface area contributed by atoms with E-state index in [4.69, 9.17) is 5.21 Å². The van der Waals surface area contributed by atoms with E-state index in [-0.39, 0.29) is 19.0 Å². The molecule has 4 amide bonds. The summed E-state index contributed by atoms with van der Waals surface area (Å²) in [5, 5.41) is 16.7. The lowest BCUT2D eigenvalue weighted by atomic mass is 10.2. The van der Waals surface area contributed by atoms with Gasteiger partial charge in [0.25, 0.3) is 0 Å². The summed E-state index contributed by atoms with van der Waals surface area (Å²) in [6.45, 7) is -0.513. The molecule has 9 heteroatoms. The molecule has 3 rings (SSSR count). The molecule has 0 atom stereocenters. The molecule has 34 heavy (non-hydrogen) atoms. The van der Waals surface area contributed by atoms with Crippen LogP contribution in [0.1, 0.15) is 5.56 Å². The molecule has 0 spiro atoms. The van der Waals surface area contributed by atoms with Crippen molar-refractivity contribution in [3.8, 4) is 0 Å². The number of hydrogen-bond acceptors (Lipinski definition) is 5. The van der Waals surface area contributed by atoms with E-state index in [0.29, 0.717) is 22.6 Å². The van der Waals surface area contributed by atoms with Gasteiger partial charge in [-0.05, 0) is 42.0 Å². The number of oxime groups is 1. The van der Waals surface area contributed by atoms with Gasteiger partial charge < -0.3 is 25.6 Å². The zero-order valence-electron chi connectivity index (χ0n) is 18.6. The van der Waals surface area contributed by atoms with Crippen LogP contribution in [0.5, 0.6) is 0 Å². The fraction of sp³-hybridized carbons (Fsp3) is 0.120. The predicted molar refractivity (Wildman–Crippen MR) is 131 cm³/mol. The van der Waals surface area contributed by atoms with Crippen molar-refractivity contribution < 1.29 is 19.6 Å². The van der Waals surface area contributed by atoms with E-state index in [2.05, 4.69) is 15.8 Å². The number of likely N-dealkylation sites (N-methyl/N-ethyl adjacent to an activating group) is 1. The lowest BCUT2D eigenvalue weighted by Gasteiger charge is -2.25. The first-order valence-corrected chi connectivity index (χ1v) is 10.5. The number of carbonyl (C=O) groups is 3. The first-order chi connectivity index (χ1) is 16.5. The van der Waals surface area contributed by atoms with Gasteiger partial charge in [0.05, 0.1) is 12.8 Å². The fourth-order valence-electron chi connectivity index (χ4n) is 3.16. The van der Waals surface area contributed by atoms with E-state index < -0.39 is 11.9 Å². The molecule has 0 bridgehead atoms. The smallest absolute Gasteiger partial charge is 0.319 e. The molecule has 0 saturated carbocycles. The molecule has 9 nitrogen and oxygen atoms in total. The highest BCUT2D eigenvalue weighted by molar-refractivity contribution is 6.05. The van der Waals surface area contributed by atoms with Crippen molar-refractivity contribution in [1.29, 1.82) is 0 Å². The minimum absolute atomic E-state index is 0.194. The summed E-state index contributed by atoms with van der Waals surface area (Å²) in [6.07, 6.45) is 1.23. The van der Waals surface area contributed by atoms with Crippen LogP contribution in [0.3, 0.4) is 0 Å². The third kappa shape index (κ3) is 6.67. The molecule has 0 aliphatic rings. The molecule has 174 valence electrons. The number of hydrogen-bond donors (Lipinski definition) is 3. The van der Waals surface area contributed by atoms with Crippen molar-refractivity contribution in [2.75, 3.05) is 35.3 Å². The quantitative estimate of drug-likeness (QED) is 0.272. The second-order valence-corrected chi connectivity index (χ2v) is 7.28. The molecule has 0 heterocycles. The van der Waals surface area contributed by atoms with E-state index in [1.54, 1.807) is 67.7 Å². The van der Waals surface area contributed by atoms with Crippen LogP contribution in [0.15, 0.2) is 90.1 Å². The van der Waals surface area contributed by atoms with Gasteiger partial charge in [-0.25, -0.2) is 4.79 Å². The SMILES string of the molecule is CN(C(=O)CN(C(=O)CNC(=O)Nc1cccc(C=NO)c1)c1ccccc1)c1ccccc1. The van der Waals surface area contributed by atoms with Gasteiger partial charge in [-0.1, -0.05) is 53.7 Å². The van der Waals surface area contributed by atoms with E-state index >= 15 is 0 Å². The second-order valence-electron chi connectivity index (χ2n) is 7.28. The number of amides is 4. The lowest BCUT2D eigenvalue weighted by Crippen LogP contribution is -2.46. The Morgan fingerprint density at radius 1 is 0.882 bits per heavy atom. The maximum atomic E-state index is 13.0. The second kappa shape index (κ2) is 11.8. The van der Waals surface area contributed by atoms with Gasteiger partial charge in [0.2, 0.25) is 11.8 Å². The zero-order valence-corrected chi connectivity index (χ0v) is 18.6. The number of rotatable bonds is 8. The largest absolute Gasteiger partial charge is 0.411 e. The Morgan fingerprint density at radius 3 is 2.18 bits per heavy atom. The van der Waals surface area contributed by atoms with Crippen LogP contribution >= 0.6 is 0 Å². The molecule has 0 aromatic heterocycles. The highest BCUT2D eigenvalue weighted by atomic mass is 16.4. The number of anilines is 3. The zero-order chi connectivity index (χ0) is 24.3. The van der Waals surface area contributed by atoms with Gasteiger partial charge in [-0.15, -0.1) is 0 Å². The summed E-state index contributed by atoms with van der Waals surface area (Å²) in [5.74, 6) is -0.729. The third-order valence-electron chi connectivity index (χ3n) is 4.93. The van der Waals surface area contributed by atoms with Crippen molar-refractivity contribution in [3.05, 3.63) is 90.5 Å². The minimum Gasteiger partial charge on any atom is -0.411 e. The van der Waals surface area contributed by atoms with Gasteiger partial charge in [-0.3, -0.25) is 9.59 Å². The topological polar surface area (TPSA) is 114 Å². The molecule has 0 saturated heterocycles. The molecule has 0 fully saturated rings. The van der Waals surface area contributed by atoms with Gasteiger partial charge in [0.15, 0.2) is 0 Å². The Balaban J connectivity index is 1.65. The van der Waals surface area contributed by atoms with Crippen molar-refractivity contribution >= 4 is 41.1 Å². The summed E-state index contributed by atoms with van der Waals surface area (Å²) in [6, 6.07) is 24.0. The molecular formula is C25H25N5O4. The van der Waals surface area contributed by atoms with E-state index in [9.17, 15) is 14.4 Å². The summed E-state index contributed by atoms with van der Waals surface area (Å²) in [5.41, 5.74) is 2.30. The first-order valence-electron chi connectivity index (χ1n) is 10.5. The van der Waals surface area contributed by atoms with Crippen molar-refractivity contribution in [2.24, 2.45) is 5.16 Å². The number of para-hydroxylation sites is 2. The van der Waals surface area contributed by atoms with E-state index in [1.807, 2.05) is 24.3 Å². The molecule has 3 aromatic rings. The van der Waals surface area contributed by atoms with Crippen LogP contribution in [0.4, 0.5) is 21.9 Å². The molecule has 3 N–H and O–H groups in total. The molecule has 0 unspecified atom stereocenters. The van der Waals surface area contributed by atoms with Crippen LogP contribution in [0.25, 0.3) is 0 Å². The van der Waals surface area contributed by atoms with Gasteiger partial charge in [0, 0.05) is 24.1 Å². The average molecular weight is 460 g/mol. The van der Waals surface area contributed by atoms with Crippen LogP contribution in [0, 0.1) is 0 Å². The number of nitrogens with one attached hydrogen (secondary N) is 2. The Bertz CT molecular complexity index is 1150. The van der Waals surface area contributed by atoms with Crippen LogP contribution in [0.2, 0.25) is 0 Å². The van der Waals surface area contributed by atoms with E-state index in [1.165, 1.54) is 16.0 Å². The Morgan fingerprint density at radius 2 is 1.53 bits per heavy atom. The standard InChI is InChI=1S/C25H25N5O4/c1-29(21-11-4-2-5-12-21)24(32)18-30(22-13-6-3-7-14-22)23(31)17-26-25(33)28-20-10-8-9-19(15-20)16-27-34/h2-16,34H,17-18H2,1H3,(H2,26,28,33). The normalized spacial score (nSPS) is 10.5. The van der Waals surface area contributed by atoms with Crippen LogP contribution < -0.4 is 20.4 Å². The molecule has 0 radical (unpaired) electrons. The van der Waals surface area contributed by atoms with Crippen molar-refractivity contribution in [2.45, 2.75) is 0 Å².